The van der Waals surface area contributed by atoms with Crippen molar-refractivity contribution in [2.45, 2.75) is 31.8 Å². The number of carbonyl (C=O) groups is 1. The van der Waals surface area contributed by atoms with Gasteiger partial charge in [0.15, 0.2) is 0 Å². The van der Waals surface area contributed by atoms with Gasteiger partial charge in [-0.2, -0.15) is 0 Å². The highest BCUT2D eigenvalue weighted by molar-refractivity contribution is 7.16. The Balaban J connectivity index is 1.76. The summed E-state index contributed by atoms with van der Waals surface area (Å²) in [6, 6.07) is 1.28. The molecule has 8 heteroatoms. The van der Waals surface area contributed by atoms with E-state index in [0.29, 0.717) is 5.69 Å². The first-order chi connectivity index (χ1) is 10.6. The minimum Gasteiger partial charge on any atom is -0.351 e. The summed E-state index contributed by atoms with van der Waals surface area (Å²) in [5, 5.41) is 6.85. The molecule has 0 fully saturated rings. The quantitative estimate of drug-likeness (QED) is 0.625. The molecule has 7 nitrogen and oxygen atoms in total. The van der Waals surface area contributed by atoms with Crippen LogP contribution in [0.3, 0.4) is 0 Å². The lowest BCUT2D eigenvalue weighted by molar-refractivity contribution is 0.0934. The van der Waals surface area contributed by atoms with E-state index in [4.69, 9.17) is 0 Å². The molecule has 0 bridgehead atoms. The van der Waals surface area contributed by atoms with Crippen molar-refractivity contribution in [3.63, 3.8) is 0 Å². The normalized spacial score (nSPS) is 19.8. The van der Waals surface area contributed by atoms with E-state index < -0.39 is 17.4 Å². The van der Waals surface area contributed by atoms with E-state index >= 15 is 0 Å². The van der Waals surface area contributed by atoms with Gasteiger partial charge in [-0.05, 0) is 31.2 Å². The molecule has 4 rings (SSSR count). The number of fused-ring (bicyclic) bond motifs is 3. The second-order valence-electron chi connectivity index (χ2n) is 5.51. The summed E-state index contributed by atoms with van der Waals surface area (Å²) in [4.78, 5) is 41.2. The maximum atomic E-state index is 12.4. The summed E-state index contributed by atoms with van der Waals surface area (Å²) in [6.07, 6.45) is 3.60. The number of H-pyrrole nitrogens is 2. The van der Waals surface area contributed by atoms with Gasteiger partial charge < -0.3 is 15.6 Å². The second kappa shape index (κ2) is 4.84. The molecular weight excluding hydrogens is 304 g/mol. The number of carbonyl (C=O) groups excluding carboxylic acids is 1. The van der Waals surface area contributed by atoms with Crippen LogP contribution in [0.25, 0.3) is 0 Å². The number of hydrogen-bond acceptors (Lipinski definition) is 5. The Hall–Kier alpha value is -2.35. The van der Waals surface area contributed by atoms with E-state index in [1.807, 2.05) is 0 Å². The van der Waals surface area contributed by atoms with Crippen molar-refractivity contribution in [1.29, 1.82) is 0 Å². The first-order valence-corrected chi connectivity index (χ1v) is 7.99. The highest BCUT2D eigenvalue weighted by atomic mass is 32.1. The number of aromatic nitrogens is 2. The number of nitrogens with one attached hydrogen (secondary N) is 4. The molecular formula is C14H14N4O3S. The number of aryl methyl sites for hydroxylation is 1. The highest BCUT2D eigenvalue weighted by Crippen LogP contribution is 2.41. The highest BCUT2D eigenvalue weighted by Gasteiger charge is 2.32. The van der Waals surface area contributed by atoms with Gasteiger partial charge in [-0.1, -0.05) is 0 Å². The minimum absolute atomic E-state index is 0.153. The van der Waals surface area contributed by atoms with E-state index in [-0.39, 0.29) is 5.91 Å². The van der Waals surface area contributed by atoms with Crippen molar-refractivity contribution in [3.05, 3.63) is 48.6 Å². The Labute approximate surface area is 128 Å². The van der Waals surface area contributed by atoms with Gasteiger partial charge in [0, 0.05) is 10.9 Å². The molecule has 3 heterocycles. The van der Waals surface area contributed by atoms with E-state index in [0.717, 1.165) is 41.8 Å². The van der Waals surface area contributed by atoms with Gasteiger partial charge in [0.1, 0.15) is 11.2 Å². The zero-order valence-electron chi connectivity index (χ0n) is 11.6. The second-order valence-corrected chi connectivity index (χ2v) is 6.61. The van der Waals surface area contributed by atoms with E-state index in [9.17, 15) is 14.4 Å². The van der Waals surface area contributed by atoms with Crippen molar-refractivity contribution >= 4 is 22.2 Å². The Morgan fingerprint density at radius 1 is 1.05 bits per heavy atom. The van der Waals surface area contributed by atoms with Gasteiger partial charge in [0.05, 0.1) is 11.3 Å². The molecule has 0 saturated carbocycles. The Kier molecular flexibility index (Phi) is 2.93. The number of amides is 1. The fourth-order valence-corrected chi connectivity index (χ4v) is 4.39. The molecule has 2 aromatic rings. The minimum atomic E-state index is -0.602. The van der Waals surface area contributed by atoms with Crippen LogP contribution in [-0.4, -0.2) is 15.9 Å². The fourth-order valence-electron chi connectivity index (χ4n) is 3.08. The molecule has 2 aliphatic rings. The molecule has 1 amide bonds. The summed E-state index contributed by atoms with van der Waals surface area (Å²) in [5.74, 6) is -0.153. The molecule has 1 atom stereocenters. The lowest BCUT2D eigenvalue weighted by Crippen LogP contribution is -2.40. The van der Waals surface area contributed by atoms with Gasteiger partial charge in [0.25, 0.3) is 11.5 Å². The van der Waals surface area contributed by atoms with Crippen molar-refractivity contribution in [1.82, 2.24) is 15.3 Å². The van der Waals surface area contributed by atoms with Crippen LogP contribution in [0.4, 0.5) is 5.00 Å². The maximum Gasteiger partial charge on any atom is 0.326 e. The molecule has 22 heavy (non-hydrogen) atoms. The topological polar surface area (TPSA) is 107 Å². The smallest absolute Gasteiger partial charge is 0.326 e. The first-order valence-electron chi connectivity index (χ1n) is 7.17. The molecule has 1 aliphatic heterocycles. The Morgan fingerprint density at radius 2 is 1.86 bits per heavy atom. The largest absolute Gasteiger partial charge is 0.351 e. The molecule has 0 aromatic carbocycles. The zero-order chi connectivity index (χ0) is 15.3. The molecule has 1 unspecified atom stereocenters. The first kappa shape index (κ1) is 13.3. The predicted octanol–water partition coefficient (Wildman–Crippen LogP) is 0.858. The number of hydrogen-bond donors (Lipinski definition) is 4. The predicted molar refractivity (Wildman–Crippen MR) is 82.5 cm³/mol. The summed E-state index contributed by atoms with van der Waals surface area (Å²) in [7, 11) is 0. The van der Waals surface area contributed by atoms with Gasteiger partial charge in [-0.25, -0.2) is 4.79 Å². The summed E-state index contributed by atoms with van der Waals surface area (Å²) < 4.78 is 0. The molecule has 0 spiro atoms. The van der Waals surface area contributed by atoms with E-state index in [1.165, 1.54) is 10.9 Å². The maximum absolute atomic E-state index is 12.4. The molecule has 114 valence electrons. The van der Waals surface area contributed by atoms with Crippen LogP contribution in [0, 0.1) is 0 Å². The third kappa shape index (κ3) is 2.07. The monoisotopic (exact) mass is 318 g/mol. The number of aromatic amines is 2. The number of thiophene rings is 1. The van der Waals surface area contributed by atoms with Crippen molar-refractivity contribution < 1.29 is 4.79 Å². The van der Waals surface area contributed by atoms with Crippen LogP contribution in [0.5, 0.6) is 0 Å². The van der Waals surface area contributed by atoms with E-state index in [2.05, 4.69) is 20.6 Å². The molecule has 0 saturated heterocycles. The summed E-state index contributed by atoms with van der Waals surface area (Å²) >= 11 is 1.60. The molecule has 0 radical (unpaired) electrons. The lowest BCUT2D eigenvalue weighted by atomic mass is 9.94. The molecule has 1 aliphatic carbocycles. The summed E-state index contributed by atoms with van der Waals surface area (Å²) in [5.41, 5.74) is 1.14. The van der Waals surface area contributed by atoms with Gasteiger partial charge in [-0.15, -0.1) is 11.3 Å². The number of anilines is 1. The van der Waals surface area contributed by atoms with Crippen LogP contribution in [0.1, 0.15) is 45.5 Å². The van der Waals surface area contributed by atoms with Gasteiger partial charge >= 0.3 is 5.69 Å². The van der Waals surface area contributed by atoms with Gasteiger partial charge in [-0.3, -0.25) is 14.6 Å². The van der Waals surface area contributed by atoms with Crippen molar-refractivity contribution in [2.75, 3.05) is 5.32 Å². The van der Waals surface area contributed by atoms with Crippen molar-refractivity contribution in [2.24, 2.45) is 0 Å². The van der Waals surface area contributed by atoms with E-state index in [1.54, 1.807) is 11.3 Å². The van der Waals surface area contributed by atoms with Crippen LogP contribution in [-0.2, 0) is 12.8 Å². The summed E-state index contributed by atoms with van der Waals surface area (Å²) in [6.45, 7) is 0. The van der Waals surface area contributed by atoms with Crippen LogP contribution in [0.15, 0.2) is 15.7 Å². The average molecular weight is 318 g/mol. The van der Waals surface area contributed by atoms with Gasteiger partial charge in [0.2, 0.25) is 0 Å². The van der Waals surface area contributed by atoms with Crippen LogP contribution < -0.4 is 21.9 Å². The number of rotatable bonds is 1. The Bertz CT molecular complexity index is 851. The Morgan fingerprint density at radius 3 is 2.68 bits per heavy atom. The van der Waals surface area contributed by atoms with Crippen molar-refractivity contribution in [3.8, 4) is 0 Å². The third-order valence-electron chi connectivity index (χ3n) is 4.04. The zero-order valence-corrected chi connectivity index (χ0v) is 12.4. The fraction of sp³-hybridized carbons (Fsp3) is 0.357. The molecule has 4 N–H and O–H groups in total. The SMILES string of the molecule is O=C1NC(c2cc(=O)[nH]c(=O)[nH]2)Nc2sc3c(c21)CCCC3. The van der Waals surface area contributed by atoms with Crippen LogP contribution in [0.2, 0.25) is 0 Å². The lowest BCUT2D eigenvalue weighted by Gasteiger charge is -2.26. The molecule has 2 aromatic heterocycles. The third-order valence-corrected chi connectivity index (χ3v) is 5.26. The average Bonchev–Trinajstić information content (AvgIpc) is 2.84. The van der Waals surface area contributed by atoms with Crippen LogP contribution >= 0.6 is 11.3 Å². The standard InChI is InChI=1S/C14H14N4O3S/c19-9-5-7(15-14(21)16-9)11-17-12(20)10-6-3-1-2-4-8(6)22-13(10)18-11/h5,11,18H,1-4H2,(H,17,20)(H2,15,16,19,21).